The quantitative estimate of drug-likeness (QED) is 0.785. The number of hydrogen-bond acceptors (Lipinski definition) is 4. The standard InChI is InChI=1S/C21H20O4/c1-14(20(22)23-2)16-9-10-19-17(13-16)8-7-15-5-3-4-6-18(15)21(19)24-11-12-25-21/h3-10,13-14H,11-12H2,1-2H3. The highest BCUT2D eigenvalue weighted by Crippen LogP contribution is 2.44. The molecule has 0 N–H and O–H groups in total. The number of rotatable bonds is 2. The van der Waals surface area contributed by atoms with Gasteiger partial charge in [-0.15, -0.1) is 0 Å². The zero-order valence-corrected chi connectivity index (χ0v) is 14.3. The van der Waals surface area contributed by atoms with Crippen LogP contribution in [-0.4, -0.2) is 26.3 Å². The van der Waals surface area contributed by atoms with Crippen molar-refractivity contribution in [1.29, 1.82) is 0 Å². The molecule has 2 aromatic carbocycles. The number of esters is 1. The van der Waals surface area contributed by atoms with Crippen LogP contribution in [0.2, 0.25) is 0 Å². The number of hydrogen-bond donors (Lipinski definition) is 0. The van der Waals surface area contributed by atoms with Gasteiger partial charge in [-0.2, -0.15) is 0 Å². The molecule has 1 atom stereocenters. The molecule has 2 aromatic rings. The molecule has 2 aliphatic rings. The summed E-state index contributed by atoms with van der Waals surface area (Å²) < 4.78 is 17.1. The fourth-order valence-electron chi connectivity index (χ4n) is 3.59. The molecule has 4 nitrogen and oxygen atoms in total. The predicted molar refractivity (Wildman–Crippen MR) is 94.9 cm³/mol. The van der Waals surface area contributed by atoms with Crippen molar-refractivity contribution < 1.29 is 19.0 Å². The molecule has 128 valence electrons. The Morgan fingerprint density at radius 1 is 1.04 bits per heavy atom. The van der Waals surface area contributed by atoms with E-state index in [-0.39, 0.29) is 11.9 Å². The Balaban J connectivity index is 1.88. The van der Waals surface area contributed by atoms with E-state index in [9.17, 15) is 4.79 Å². The summed E-state index contributed by atoms with van der Waals surface area (Å²) in [7, 11) is 1.41. The highest BCUT2D eigenvalue weighted by molar-refractivity contribution is 5.80. The molecular formula is C21H20O4. The summed E-state index contributed by atoms with van der Waals surface area (Å²) in [6, 6.07) is 14.1. The van der Waals surface area contributed by atoms with Crippen LogP contribution in [0, 0.1) is 0 Å². The van der Waals surface area contributed by atoms with Crippen molar-refractivity contribution >= 4 is 18.1 Å². The van der Waals surface area contributed by atoms with E-state index >= 15 is 0 Å². The summed E-state index contributed by atoms with van der Waals surface area (Å²) in [6.07, 6.45) is 4.13. The Morgan fingerprint density at radius 2 is 1.72 bits per heavy atom. The minimum Gasteiger partial charge on any atom is -0.469 e. The second-order valence-corrected chi connectivity index (χ2v) is 6.33. The average molecular weight is 336 g/mol. The molecule has 1 aliphatic heterocycles. The lowest BCUT2D eigenvalue weighted by Crippen LogP contribution is -2.30. The fourth-order valence-corrected chi connectivity index (χ4v) is 3.59. The largest absolute Gasteiger partial charge is 0.469 e. The van der Waals surface area contributed by atoms with E-state index < -0.39 is 5.79 Å². The van der Waals surface area contributed by atoms with Gasteiger partial charge in [0.2, 0.25) is 5.79 Å². The number of ether oxygens (including phenoxy) is 3. The van der Waals surface area contributed by atoms with Gasteiger partial charge in [0.1, 0.15) is 0 Å². The van der Waals surface area contributed by atoms with Crippen LogP contribution in [0.4, 0.5) is 0 Å². The van der Waals surface area contributed by atoms with Gasteiger partial charge in [-0.05, 0) is 23.6 Å². The molecule has 4 heteroatoms. The van der Waals surface area contributed by atoms with Gasteiger partial charge < -0.3 is 14.2 Å². The first-order valence-electron chi connectivity index (χ1n) is 8.43. The van der Waals surface area contributed by atoms with Gasteiger partial charge in [0.25, 0.3) is 0 Å². The van der Waals surface area contributed by atoms with Crippen molar-refractivity contribution in [2.24, 2.45) is 0 Å². The van der Waals surface area contributed by atoms with Crippen molar-refractivity contribution in [2.45, 2.75) is 18.6 Å². The Bertz CT molecular complexity index is 847. The van der Waals surface area contributed by atoms with Crippen LogP contribution < -0.4 is 0 Å². The maximum absolute atomic E-state index is 11.9. The second kappa shape index (κ2) is 6.14. The van der Waals surface area contributed by atoms with Gasteiger partial charge in [-0.1, -0.05) is 54.6 Å². The Hall–Kier alpha value is -2.43. The van der Waals surface area contributed by atoms with Crippen LogP contribution in [-0.2, 0) is 24.8 Å². The first-order chi connectivity index (χ1) is 12.2. The smallest absolute Gasteiger partial charge is 0.312 e. The first kappa shape index (κ1) is 16.1. The van der Waals surface area contributed by atoms with Gasteiger partial charge in [-0.25, -0.2) is 0 Å². The maximum atomic E-state index is 11.9. The summed E-state index contributed by atoms with van der Waals surface area (Å²) in [4.78, 5) is 11.9. The molecule has 1 heterocycles. The molecular weight excluding hydrogens is 316 g/mol. The molecule has 0 radical (unpaired) electrons. The first-order valence-corrected chi connectivity index (χ1v) is 8.43. The molecule has 0 bridgehead atoms. The van der Waals surface area contributed by atoms with Gasteiger partial charge >= 0.3 is 5.97 Å². The molecule has 25 heavy (non-hydrogen) atoms. The average Bonchev–Trinajstić information content (AvgIpc) is 3.10. The Morgan fingerprint density at radius 3 is 2.48 bits per heavy atom. The predicted octanol–water partition coefficient (Wildman–Crippen LogP) is 3.69. The van der Waals surface area contributed by atoms with E-state index in [0.29, 0.717) is 13.2 Å². The molecule has 1 spiro atoms. The lowest BCUT2D eigenvalue weighted by Gasteiger charge is -2.30. The summed E-state index contributed by atoms with van der Waals surface area (Å²) in [5.41, 5.74) is 4.95. The zero-order valence-electron chi connectivity index (χ0n) is 14.3. The lowest BCUT2D eigenvalue weighted by atomic mass is 9.89. The number of methoxy groups -OCH3 is 1. The van der Waals surface area contributed by atoms with Crippen LogP contribution in [0.25, 0.3) is 12.2 Å². The van der Waals surface area contributed by atoms with Crippen molar-refractivity contribution in [3.05, 3.63) is 70.3 Å². The molecule has 0 amide bonds. The summed E-state index contributed by atoms with van der Waals surface area (Å²) in [6.45, 7) is 2.95. The third-order valence-electron chi connectivity index (χ3n) is 4.94. The van der Waals surface area contributed by atoms with E-state index in [1.807, 2.05) is 43.3 Å². The molecule has 1 aliphatic carbocycles. The number of benzene rings is 2. The molecule has 1 fully saturated rings. The van der Waals surface area contributed by atoms with Crippen LogP contribution >= 0.6 is 0 Å². The lowest BCUT2D eigenvalue weighted by molar-refractivity contribution is -0.141. The second-order valence-electron chi connectivity index (χ2n) is 6.33. The molecule has 0 aromatic heterocycles. The van der Waals surface area contributed by atoms with Crippen LogP contribution in [0.5, 0.6) is 0 Å². The summed E-state index contributed by atoms with van der Waals surface area (Å²) in [5, 5.41) is 0. The maximum Gasteiger partial charge on any atom is 0.312 e. The van der Waals surface area contributed by atoms with Crippen LogP contribution in [0.15, 0.2) is 42.5 Å². The molecule has 1 saturated heterocycles. The van der Waals surface area contributed by atoms with Crippen molar-refractivity contribution in [3.8, 4) is 0 Å². The number of fused-ring (bicyclic) bond motifs is 4. The Labute approximate surface area is 147 Å². The van der Waals surface area contributed by atoms with Gasteiger partial charge in [0.15, 0.2) is 0 Å². The summed E-state index contributed by atoms with van der Waals surface area (Å²) >= 11 is 0. The summed E-state index contributed by atoms with van der Waals surface area (Å²) in [5.74, 6) is -1.46. The highest BCUT2D eigenvalue weighted by Gasteiger charge is 2.44. The topological polar surface area (TPSA) is 44.8 Å². The van der Waals surface area contributed by atoms with Crippen LogP contribution in [0.3, 0.4) is 0 Å². The van der Waals surface area contributed by atoms with Gasteiger partial charge in [0, 0.05) is 11.1 Å². The number of carbonyl (C=O) groups is 1. The zero-order chi connectivity index (χ0) is 17.4. The minimum atomic E-state index is -0.886. The van der Waals surface area contributed by atoms with Crippen molar-refractivity contribution in [2.75, 3.05) is 20.3 Å². The van der Waals surface area contributed by atoms with Crippen molar-refractivity contribution in [3.63, 3.8) is 0 Å². The van der Waals surface area contributed by atoms with E-state index in [4.69, 9.17) is 14.2 Å². The highest BCUT2D eigenvalue weighted by atomic mass is 16.7. The van der Waals surface area contributed by atoms with Gasteiger partial charge in [0.05, 0.1) is 26.2 Å². The van der Waals surface area contributed by atoms with E-state index in [1.165, 1.54) is 7.11 Å². The van der Waals surface area contributed by atoms with E-state index in [0.717, 1.165) is 27.8 Å². The normalized spacial score (nSPS) is 18.3. The van der Waals surface area contributed by atoms with Gasteiger partial charge in [-0.3, -0.25) is 4.79 Å². The molecule has 4 rings (SSSR count). The van der Waals surface area contributed by atoms with E-state index in [2.05, 4.69) is 18.2 Å². The van der Waals surface area contributed by atoms with Crippen LogP contribution in [0.1, 0.15) is 40.7 Å². The van der Waals surface area contributed by atoms with E-state index in [1.54, 1.807) is 0 Å². The Kier molecular flexibility index (Phi) is 3.94. The molecule has 0 saturated carbocycles. The monoisotopic (exact) mass is 336 g/mol. The third-order valence-corrected chi connectivity index (χ3v) is 4.94. The third kappa shape index (κ3) is 2.49. The molecule has 1 unspecified atom stereocenters. The van der Waals surface area contributed by atoms with Crippen molar-refractivity contribution in [1.82, 2.24) is 0 Å². The number of carbonyl (C=O) groups excluding carboxylic acids is 1. The minimum absolute atomic E-state index is 0.246. The SMILES string of the molecule is COC(=O)C(C)c1ccc2c(c1)C=Cc1ccccc1C21OCCO1. The fraction of sp³-hybridized carbons (Fsp3) is 0.286.